The second-order valence-electron chi connectivity index (χ2n) is 5.27. The number of hydrogen-bond acceptors (Lipinski definition) is 3. The molecule has 3 rings (SSSR count). The van der Waals surface area contributed by atoms with Gasteiger partial charge in [0.15, 0.2) is 6.29 Å². The summed E-state index contributed by atoms with van der Waals surface area (Å²) in [6, 6.07) is 5.67. The molecule has 0 N–H and O–H groups in total. The molecular formula is C16H18N2O2. The second-order valence-corrected chi connectivity index (χ2v) is 5.27. The largest absolute Gasteiger partial charge is 0.489 e. The molecule has 1 saturated carbocycles. The lowest BCUT2D eigenvalue weighted by atomic mass is 10.0. The predicted molar refractivity (Wildman–Crippen MR) is 76.9 cm³/mol. The van der Waals surface area contributed by atoms with E-state index in [4.69, 9.17) is 4.74 Å². The first-order chi connectivity index (χ1) is 9.78. The molecule has 0 amide bonds. The maximum atomic E-state index is 11.3. The van der Waals surface area contributed by atoms with Crippen LogP contribution in [0, 0.1) is 0 Å². The molecule has 0 unspecified atom stereocenters. The van der Waals surface area contributed by atoms with E-state index in [1.807, 2.05) is 25.4 Å². The molecule has 4 nitrogen and oxygen atoms in total. The maximum absolute atomic E-state index is 11.3. The van der Waals surface area contributed by atoms with E-state index in [-0.39, 0.29) is 6.10 Å². The van der Waals surface area contributed by atoms with Crippen molar-refractivity contribution in [3.8, 4) is 16.9 Å². The molecule has 1 aromatic carbocycles. The molecule has 0 spiro atoms. The summed E-state index contributed by atoms with van der Waals surface area (Å²) in [6.45, 7) is 0. The van der Waals surface area contributed by atoms with Crippen LogP contribution < -0.4 is 4.74 Å². The molecule has 1 fully saturated rings. The van der Waals surface area contributed by atoms with Crippen molar-refractivity contribution < 1.29 is 9.53 Å². The molecule has 1 aliphatic rings. The van der Waals surface area contributed by atoms with Gasteiger partial charge in [0.2, 0.25) is 0 Å². The molecular weight excluding hydrogens is 252 g/mol. The number of carbonyl (C=O) groups excluding carboxylic acids is 1. The summed E-state index contributed by atoms with van der Waals surface area (Å²) in [4.78, 5) is 11.3. The minimum atomic E-state index is 0.228. The number of carbonyl (C=O) groups is 1. The van der Waals surface area contributed by atoms with E-state index in [0.717, 1.165) is 30.3 Å². The number of rotatable bonds is 4. The summed E-state index contributed by atoms with van der Waals surface area (Å²) in [5, 5.41) is 4.19. The number of ether oxygens (including phenoxy) is 1. The van der Waals surface area contributed by atoms with Gasteiger partial charge in [-0.05, 0) is 31.7 Å². The van der Waals surface area contributed by atoms with Crippen LogP contribution >= 0.6 is 0 Å². The molecule has 0 radical (unpaired) electrons. The van der Waals surface area contributed by atoms with Crippen LogP contribution in [0.25, 0.3) is 11.1 Å². The van der Waals surface area contributed by atoms with E-state index in [2.05, 4.69) is 5.10 Å². The van der Waals surface area contributed by atoms with Crippen LogP contribution in [-0.4, -0.2) is 22.2 Å². The highest BCUT2D eigenvalue weighted by atomic mass is 16.5. The SMILES string of the molecule is Cn1cc(-c2cccc(C=O)c2OC2CCCC2)cn1. The molecule has 20 heavy (non-hydrogen) atoms. The van der Waals surface area contributed by atoms with Crippen molar-refractivity contribution >= 4 is 6.29 Å². The highest BCUT2D eigenvalue weighted by molar-refractivity contribution is 5.85. The molecule has 2 aromatic rings. The van der Waals surface area contributed by atoms with Crippen molar-refractivity contribution in [2.45, 2.75) is 31.8 Å². The number of para-hydroxylation sites is 1. The first kappa shape index (κ1) is 12.9. The third kappa shape index (κ3) is 2.46. The first-order valence-corrected chi connectivity index (χ1v) is 7.02. The summed E-state index contributed by atoms with van der Waals surface area (Å²) in [6.07, 6.45) is 9.37. The van der Waals surface area contributed by atoms with Gasteiger partial charge in [0.25, 0.3) is 0 Å². The Hall–Kier alpha value is -2.10. The zero-order valence-corrected chi connectivity index (χ0v) is 11.6. The van der Waals surface area contributed by atoms with E-state index in [1.165, 1.54) is 12.8 Å². The minimum absolute atomic E-state index is 0.228. The fourth-order valence-electron chi connectivity index (χ4n) is 2.74. The fraction of sp³-hybridized carbons (Fsp3) is 0.375. The van der Waals surface area contributed by atoms with E-state index >= 15 is 0 Å². The van der Waals surface area contributed by atoms with E-state index in [9.17, 15) is 4.79 Å². The second kappa shape index (κ2) is 5.49. The van der Waals surface area contributed by atoms with Gasteiger partial charge in [0.1, 0.15) is 5.75 Å². The Morgan fingerprint density at radius 1 is 1.35 bits per heavy atom. The molecule has 104 valence electrons. The number of aldehydes is 1. The third-order valence-electron chi connectivity index (χ3n) is 3.78. The minimum Gasteiger partial charge on any atom is -0.489 e. The predicted octanol–water partition coefficient (Wildman–Crippen LogP) is 3.22. The van der Waals surface area contributed by atoms with Crippen molar-refractivity contribution in [1.29, 1.82) is 0 Å². The lowest BCUT2D eigenvalue weighted by Crippen LogP contribution is -2.12. The number of nitrogens with zero attached hydrogens (tertiary/aromatic N) is 2. The standard InChI is InChI=1S/C16H18N2O2/c1-18-10-13(9-17-18)15-8-4-5-12(11-19)16(15)20-14-6-2-3-7-14/h4-5,8-11,14H,2-3,6-7H2,1H3. The smallest absolute Gasteiger partial charge is 0.153 e. The Morgan fingerprint density at radius 2 is 2.15 bits per heavy atom. The van der Waals surface area contributed by atoms with Gasteiger partial charge in [0.05, 0.1) is 17.9 Å². The van der Waals surface area contributed by atoms with Gasteiger partial charge in [0, 0.05) is 24.4 Å². The van der Waals surface area contributed by atoms with Gasteiger partial charge >= 0.3 is 0 Å². The quantitative estimate of drug-likeness (QED) is 0.801. The molecule has 1 heterocycles. The zero-order chi connectivity index (χ0) is 13.9. The van der Waals surface area contributed by atoms with Gasteiger partial charge in [-0.3, -0.25) is 9.48 Å². The summed E-state index contributed by atoms with van der Waals surface area (Å²) < 4.78 is 7.88. The van der Waals surface area contributed by atoms with Crippen LogP contribution in [0.5, 0.6) is 5.75 Å². The Labute approximate surface area is 118 Å². The molecule has 4 heteroatoms. The van der Waals surface area contributed by atoms with Gasteiger partial charge in [-0.1, -0.05) is 12.1 Å². The van der Waals surface area contributed by atoms with Crippen molar-refractivity contribution in [2.24, 2.45) is 7.05 Å². The van der Waals surface area contributed by atoms with E-state index in [1.54, 1.807) is 16.9 Å². The summed E-state index contributed by atoms with van der Waals surface area (Å²) in [5.74, 6) is 0.697. The van der Waals surface area contributed by atoms with Crippen LogP contribution in [-0.2, 0) is 7.05 Å². The molecule has 0 aliphatic heterocycles. The molecule has 1 aromatic heterocycles. The van der Waals surface area contributed by atoms with Gasteiger partial charge in [-0.25, -0.2) is 0 Å². The lowest BCUT2D eigenvalue weighted by Gasteiger charge is -2.17. The topological polar surface area (TPSA) is 44.1 Å². The first-order valence-electron chi connectivity index (χ1n) is 7.02. The van der Waals surface area contributed by atoms with E-state index in [0.29, 0.717) is 11.3 Å². The number of aryl methyl sites for hydroxylation is 1. The summed E-state index contributed by atoms with van der Waals surface area (Å²) in [7, 11) is 1.88. The Bertz CT molecular complexity index is 613. The van der Waals surface area contributed by atoms with Crippen LogP contribution in [0.1, 0.15) is 36.0 Å². The average molecular weight is 270 g/mol. The normalized spacial score (nSPS) is 15.4. The lowest BCUT2D eigenvalue weighted by molar-refractivity contribution is 0.111. The van der Waals surface area contributed by atoms with Gasteiger partial charge < -0.3 is 4.74 Å². The van der Waals surface area contributed by atoms with Crippen LogP contribution in [0.3, 0.4) is 0 Å². The van der Waals surface area contributed by atoms with Crippen LogP contribution in [0.15, 0.2) is 30.6 Å². The van der Waals surface area contributed by atoms with Gasteiger partial charge in [-0.2, -0.15) is 5.10 Å². The Balaban J connectivity index is 2.01. The number of aromatic nitrogens is 2. The third-order valence-corrected chi connectivity index (χ3v) is 3.78. The molecule has 0 bridgehead atoms. The van der Waals surface area contributed by atoms with Crippen molar-refractivity contribution in [3.63, 3.8) is 0 Å². The molecule has 1 aliphatic carbocycles. The average Bonchev–Trinajstić information content (AvgIpc) is 3.11. The zero-order valence-electron chi connectivity index (χ0n) is 11.6. The Morgan fingerprint density at radius 3 is 2.80 bits per heavy atom. The van der Waals surface area contributed by atoms with Crippen LogP contribution in [0.4, 0.5) is 0 Å². The van der Waals surface area contributed by atoms with Crippen LogP contribution in [0.2, 0.25) is 0 Å². The maximum Gasteiger partial charge on any atom is 0.153 e. The van der Waals surface area contributed by atoms with Crippen molar-refractivity contribution in [1.82, 2.24) is 9.78 Å². The monoisotopic (exact) mass is 270 g/mol. The van der Waals surface area contributed by atoms with E-state index < -0.39 is 0 Å². The van der Waals surface area contributed by atoms with Crippen molar-refractivity contribution in [2.75, 3.05) is 0 Å². The van der Waals surface area contributed by atoms with Crippen molar-refractivity contribution in [3.05, 3.63) is 36.2 Å². The summed E-state index contributed by atoms with van der Waals surface area (Å²) in [5.41, 5.74) is 2.53. The highest BCUT2D eigenvalue weighted by Gasteiger charge is 2.20. The van der Waals surface area contributed by atoms with Gasteiger partial charge in [-0.15, -0.1) is 0 Å². The highest BCUT2D eigenvalue weighted by Crippen LogP contribution is 2.35. The Kier molecular flexibility index (Phi) is 3.54. The number of benzene rings is 1. The number of hydrogen-bond donors (Lipinski definition) is 0. The molecule has 0 atom stereocenters. The summed E-state index contributed by atoms with van der Waals surface area (Å²) >= 11 is 0. The molecule has 0 saturated heterocycles. The fourth-order valence-corrected chi connectivity index (χ4v) is 2.74.